The van der Waals surface area contributed by atoms with E-state index in [1.165, 1.54) is 0 Å². The Labute approximate surface area is 160 Å². The standard InChI is InChI=1S/C22H27NO4/c1-3-27-18-10-6-8-16(14-18)21(19-11-4-5-12-20(19)26-2)23-13-7-9-17(15-23)22(24)25/h4-6,8,10-12,14,17,21H,3,7,9,13,15H2,1-2H3,(H,24,25). The van der Waals surface area contributed by atoms with E-state index in [9.17, 15) is 9.90 Å². The molecule has 0 aromatic heterocycles. The van der Waals surface area contributed by atoms with Crippen LogP contribution in [0.2, 0.25) is 0 Å². The highest BCUT2D eigenvalue weighted by Gasteiger charge is 2.32. The van der Waals surface area contributed by atoms with E-state index in [4.69, 9.17) is 9.47 Å². The van der Waals surface area contributed by atoms with Gasteiger partial charge in [-0.25, -0.2) is 0 Å². The second-order valence-electron chi connectivity index (χ2n) is 6.82. The SMILES string of the molecule is CCOc1cccc(C(c2ccccc2OC)N2CCCC(C(=O)O)C2)c1. The maximum atomic E-state index is 11.6. The molecule has 1 heterocycles. The number of carboxylic acid groups (broad SMARTS) is 1. The van der Waals surface area contributed by atoms with Crippen LogP contribution in [0.3, 0.4) is 0 Å². The molecule has 0 radical (unpaired) electrons. The van der Waals surface area contributed by atoms with Crippen LogP contribution in [0.1, 0.15) is 36.9 Å². The first-order valence-electron chi connectivity index (χ1n) is 9.46. The Kier molecular flexibility index (Phi) is 6.35. The fourth-order valence-corrected chi connectivity index (χ4v) is 3.86. The first kappa shape index (κ1) is 19.2. The number of aliphatic carboxylic acids is 1. The summed E-state index contributed by atoms with van der Waals surface area (Å²) < 4.78 is 11.3. The lowest BCUT2D eigenvalue weighted by molar-refractivity contribution is -0.143. The fraction of sp³-hybridized carbons (Fsp3) is 0.409. The Morgan fingerprint density at radius 3 is 2.81 bits per heavy atom. The Morgan fingerprint density at radius 2 is 2.07 bits per heavy atom. The molecule has 2 unspecified atom stereocenters. The molecule has 1 N–H and O–H groups in total. The van der Waals surface area contributed by atoms with E-state index in [0.717, 1.165) is 42.0 Å². The molecule has 1 fully saturated rings. The Balaban J connectivity index is 2.04. The molecule has 0 saturated carbocycles. The number of hydrogen-bond acceptors (Lipinski definition) is 4. The van der Waals surface area contributed by atoms with Crippen molar-refractivity contribution in [3.63, 3.8) is 0 Å². The Hall–Kier alpha value is -2.53. The van der Waals surface area contributed by atoms with Gasteiger partial charge in [-0.1, -0.05) is 30.3 Å². The minimum atomic E-state index is -0.721. The predicted molar refractivity (Wildman–Crippen MR) is 104 cm³/mol. The van der Waals surface area contributed by atoms with E-state index >= 15 is 0 Å². The predicted octanol–water partition coefficient (Wildman–Crippen LogP) is 3.98. The van der Waals surface area contributed by atoms with Crippen molar-refractivity contribution in [3.05, 3.63) is 59.7 Å². The average Bonchev–Trinajstić information content (AvgIpc) is 2.69. The van der Waals surface area contributed by atoms with Crippen molar-refractivity contribution in [2.75, 3.05) is 26.8 Å². The van der Waals surface area contributed by atoms with E-state index in [2.05, 4.69) is 17.0 Å². The van der Waals surface area contributed by atoms with Gasteiger partial charge >= 0.3 is 5.97 Å². The molecule has 27 heavy (non-hydrogen) atoms. The van der Waals surface area contributed by atoms with Crippen molar-refractivity contribution in [1.29, 1.82) is 0 Å². The number of rotatable bonds is 7. The van der Waals surface area contributed by atoms with Gasteiger partial charge in [0.25, 0.3) is 0 Å². The van der Waals surface area contributed by atoms with Gasteiger partial charge in [-0.3, -0.25) is 9.69 Å². The van der Waals surface area contributed by atoms with Gasteiger partial charge in [0.05, 0.1) is 25.7 Å². The van der Waals surface area contributed by atoms with Crippen molar-refractivity contribution in [2.24, 2.45) is 5.92 Å². The smallest absolute Gasteiger partial charge is 0.307 e. The summed E-state index contributed by atoms with van der Waals surface area (Å²) in [4.78, 5) is 13.8. The normalized spacial score (nSPS) is 18.7. The maximum Gasteiger partial charge on any atom is 0.307 e. The van der Waals surface area contributed by atoms with E-state index in [1.54, 1.807) is 7.11 Å². The molecule has 5 heteroatoms. The van der Waals surface area contributed by atoms with Gasteiger partial charge in [0.2, 0.25) is 0 Å². The molecule has 5 nitrogen and oxygen atoms in total. The summed E-state index contributed by atoms with van der Waals surface area (Å²) in [5.41, 5.74) is 2.12. The van der Waals surface area contributed by atoms with Gasteiger partial charge in [0.1, 0.15) is 11.5 Å². The minimum absolute atomic E-state index is 0.0799. The zero-order valence-corrected chi connectivity index (χ0v) is 15.9. The summed E-state index contributed by atoms with van der Waals surface area (Å²) in [6, 6.07) is 15.9. The molecule has 0 bridgehead atoms. The van der Waals surface area contributed by atoms with Crippen LogP contribution < -0.4 is 9.47 Å². The summed E-state index contributed by atoms with van der Waals surface area (Å²) in [7, 11) is 1.67. The third-order valence-electron chi connectivity index (χ3n) is 5.09. The zero-order valence-electron chi connectivity index (χ0n) is 15.9. The molecule has 3 rings (SSSR count). The monoisotopic (exact) mass is 369 g/mol. The van der Waals surface area contributed by atoms with Crippen LogP contribution in [0.15, 0.2) is 48.5 Å². The van der Waals surface area contributed by atoms with Crippen LogP contribution in [0.4, 0.5) is 0 Å². The molecule has 1 aliphatic rings. The van der Waals surface area contributed by atoms with E-state index < -0.39 is 5.97 Å². The van der Waals surface area contributed by atoms with Crippen LogP contribution in [-0.4, -0.2) is 42.8 Å². The Bertz CT molecular complexity index is 776. The van der Waals surface area contributed by atoms with E-state index in [0.29, 0.717) is 13.2 Å². The number of carbonyl (C=O) groups is 1. The fourth-order valence-electron chi connectivity index (χ4n) is 3.86. The number of benzene rings is 2. The first-order chi connectivity index (χ1) is 13.1. The summed E-state index contributed by atoms with van der Waals surface area (Å²) in [6.07, 6.45) is 1.59. The second-order valence-corrected chi connectivity index (χ2v) is 6.82. The Morgan fingerprint density at radius 1 is 1.26 bits per heavy atom. The highest BCUT2D eigenvalue weighted by atomic mass is 16.5. The third-order valence-corrected chi connectivity index (χ3v) is 5.09. The molecule has 1 aliphatic heterocycles. The summed E-state index contributed by atoms with van der Waals surface area (Å²) in [6.45, 7) is 3.95. The van der Waals surface area contributed by atoms with Gasteiger partial charge in [-0.2, -0.15) is 0 Å². The lowest BCUT2D eigenvalue weighted by Gasteiger charge is -2.38. The summed E-state index contributed by atoms with van der Waals surface area (Å²) in [5, 5.41) is 9.52. The number of likely N-dealkylation sites (tertiary alicyclic amines) is 1. The number of nitrogens with zero attached hydrogens (tertiary/aromatic N) is 1. The van der Waals surface area contributed by atoms with E-state index in [1.807, 2.05) is 43.3 Å². The minimum Gasteiger partial charge on any atom is -0.496 e. The maximum absolute atomic E-state index is 11.6. The van der Waals surface area contributed by atoms with Crippen LogP contribution in [-0.2, 0) is 4.79 Å². The lowest BCUT2D eigenvalue weighted by atomic mass is 9.91. The first-order valence-corrected chi connectivity index (χ1v) is 9.46. The summed E-state index contributed by atoms with van der Waals surface area (Å²) >= 11 is 0. The van der Waals surface area contributed by atoms with Crippen LogP contribution in [0.5, 0.6) is 11.5 Å². The van der Waals surface area contributed by atoms with Crippen molar-refractivity contribution in [1.82, 2.24) is 4.90 Å². The molecular formula is C22H27NO4. The number of piperidine rings is 1. The number of hydrogen-bond donors (Lipinski definition) is 1. The summed E-state index contributed by atoms with van der Waals surface area (Å²) in [5.74, 6) is 0.566. The number of para-hydroxylation sites is 1. The van der Waals surface area contributed by atoms with Crippen LogP contribution in [0.25, 0.3) is 0 Å². The third kappa shape index (κ3) is 4.42. The topological polar surface area (TPSA) is 59.0 Å². The number of ether oxygens (including phenoxy) is 2. The lowest BCUT2D eigenvalue weighted by Crippen LogP contribution is -2.41. The van der Waals surface area contributed by atoms with Gasteiger partial charge in [-0.15, -0.1) is 0 Å². The van der Waals surface area contributed by atoms with E-state index in [-0.39, 0.29) is 12.0 Å². The van der Waals surface area contributed by atoms with Crippen LogP contribution in [0, 0.1) is 5.92 Å². The molecule has 1 saturated heterocycles. The quantitative estimate of drug-likeness (QED) is 0.800. The number of carboxylic acids is 1. The highest BCUT2D eigenvalue weighted by molar-refractivity contribution is 5.70. The van der Waals surface area contributed by atoms with Crippen molar-refractivity contribution < 1.29 is 19.4 Å². The second kappa shape index (κ2) is 8.91. The van der Waals surface area contributed by atoms with Gasteiger partial charge < -0.3 is 14.6 Å². The van der Waals surface area contributed by atoms with Crippen molar-refractivity contribution in [2.45, 2.75) is 25.8 Å². The molecule has 0 spiro atoms. The van der Waals surface area contributed by atoms with Crippen LogP contribution >= 0.6 is 0 Å². The van der Waals surface area contributed by atoms with Gasteiger partial charge in [0.15, 0.2) is 0 Å². The number of methoxy groups -OCH3 is 1. The zero-order chi connectivity index (χ0) is 19.2. The van der Waals surface area contributed by atoms with Gasteiger partial charge in [-0.05, 0) is 50.1 Å². The van der Waals surface area contributed by atoms with Crippen molar-refractivity contribution >= 4 is 5.97 Å². The van der Waals surface area contributed by atoms with Crippen molar-refractivity contribution in [3.8, 4) is 11.5 Å². The highest BCUT2D eigenvalue weighted by Crippen LogP contribution is 2.38. The molecule has 144 valence electrons. The molecule has 0 aliphatic carbocycles. The molecule has 2 aromatic rings. The molecular weight excluding hydrogens is 342 g/mol. The molecule has 2 atom stereocenters. The van der Waals surface area contributed by atoms with Gasteiger partial charge in [0, 0.05) is 12.1 Å². The average molecular weight is 369 g/mol. The molecule has 2 aromatic carbocycles. The molecule has 0 amide bonds. The largest absolute Gasteiger partial charge is 0.496 e.